The standard InChI is InChI=1S/C10H14O.C2H7NO.CH2O/c1-2-3-6-9-7-4-5-8-10(9)11;3-1-2-4;1-2/h4-5,7-8,11H,2-3,6H2,1H3;4H,1-3H2;1H2. The van der Waals surface area contributed by atoms with Crippen LogP contribution in [-0.2, 0) is 11.2 Å². The molecule has 0 fully saturated rings. The number of carbonyl (C=O) groups is 1. The molecule has 0 bridgehead atoms. The van der Waals surface area contributed by atoms with Gasteiger partial charge >= 0.3 is 0 Å². The molecule has 0 aromatic heterocycles. The average molecular weight is 241 g/mol. The third-order valence-electron chi connectivity index (χ3n) is 1.92. The lowest BCUT2D eigenvalue weighted by molar-refractivity contribution is -0.0979. The van der Waals surface area contributed by atoms with Crippen molar-refractivity contribution in [1.29, 1.82) is 0 Å². The Morgan fingerprint density at radius 1 is 1.29 bits per heavy atom. The fourth-order valence-corrected chi connectivity index (χ4v) is 1.09. The Balaban J connectivity index is 0. The highest BCUT2D eigenvalue weighted by Gasteiger charge is 1.96. The van der Waals surface area contributed by atoms with Gasteiger partial charge in [0.2, 0.25) is 0 Å². The van der Waals surface area contributed by atoms with Crippen molar-refractivity contribution in [2.24, 2.45) is 5.73 Å². The number of rotatable bonds is 4. The smallest absolute Gasteiger partial charge is 0.118 e. The van der Waals surface area contributed by atoms with Crippen LogP contribution < -0.4 is 5.73 Å². The van der Waals surface area contributed by atoms with Gasteiger partial charge in [0.05, 0.1) is 6.61 Å². The number of phenols is 1. The van der Waals surface area contributed by atoms with Crippen LogP contribution in [0.5, 0.6) is 5.75 Å². The zero-order valence-corrected chi connectivity index (χ0v) is 10.4. The fraction of sp³-hybridized carbons (Fsp3) is 0.462. The van der Waals surface area contributed by atoms with Crippen LogP contribution in [0.4, 0.5) is 0 Å². The molecule has 98 valence electrons. The first-order chi connectivity index (χ1) is 8.26. The lowest BCUT2D eigenvalue weighted by atomic mass is 10.1. The van der Waals surface area contributed by atoms with E-state index in [9.17, 15) is 5.11 Å². The Hall–Kier alpha value is -1.39. The monoisotopic (exact) mass is 241 g/mol. The molecule has 0 saturated heterocycles. The highest BCUT2D eigenvalue weighted by atomic mass is 16.3. The number of aliphatic hydroxyl groups excluding tert-OH is 1. The molecule has 0 radical (unpaired) electrons. The van der Waals surface area contributed by atoms with E-state index in [1.54, 1.807) is 6.07 Å². The van der Waals surface area contributed by atoms with E-state index in [2.05, 4.69) is 6.92 Å². The number of aromatic hydroxyl groups is 1. The molecule has 4 nitrogen and oxygen atoms in total. The van der Waals surface area contributed by atoms with Gasteiger partial charge in [0.1, 0.15) is 12.5 Å². The van der Waals surface area contributed by atoms with Crippen LogP contribution in [0, 0.1) is 0 Å². The van der Waals surface area contributed by atoms with E-state index < -0.39 is 0 Å². The summed E-state index contributed by atoms with van der Waals surface area (Å²) in [6, 6.07) is 7.53. The number of hydrogen-bond donors (Lipinski definition) is 3. The molecule has 17 heavy (non-hydrogen) atoms. The number of para-hydroxylation sites is 1. The van der Waals surface area contributed by atoms with Crippen LogP contribution in [0.1, 0.15) is 25.3 Å². The summed E-state index contributed by atoms with van der Waals surface area (Å²) in [4.78, 5) is 8.00. The zero-order chi connectivity index (χ0) is 13.5. The minimum Gasteiger partial charge on any atom is -0.508 e. The predicted octanol–water partition coefficient (Wildman–Crippen LogP) is 1.49. The molecule has 0 saturated carbocycles. The van der Waals surface area contributed by atoms with Crippen LogP contribution in [0.3, 0.4) is 0 Å². The summed E-state index contributed by atoms with van der Waals surface area (Å²) in [6.45, 7) is 4.62. The lowest BCUT2D eigenvalue weighted by Gasteiger charge is -2.01. The first-order valence-corrected chi connectivity index (χ1v) is 5.62. The van der Waals surface area contributed by atoms with Gasteiger partial charge in [-0.1, -0.05) is 31.5 Å². The predicted molar refractivity (Wildman–Crippen MR) is 70.0 cm³/mol. The second-order valence-corrected chi connectivity index (χ2v) is 3.24. The van der Waals surface area contributed by atoms with Gasteiger partial charge in [0.15, 0.2) is 0 Å². The summed E-state index contributed by atoms with van der Waals surface area (Å²) in [5, 5.41) is 17.1. The second kappa shape index (κ2) is 14.6. The van der Waals surface area contributed by atoms with E-state index in [4.69, 9.17) is 15.6 Å². The van der Waals surface area contributed by atoms with Gasteiger partial charge in [-0.25, -0.2) is 0 Å². The van der Waals surface area contributed by atoms with Crippen molar-refractivity contribution in [1.82, 2.24) is 0 Å². The molecular weight excluding hydrogens is 218 g/mol. The number of benzene rings is 1. The van der Waals surface area contributed by atoms with Crippen molar-refractivity contribution in [3.63, 3.8) is 0 Å². The van der Waals surface area contributed by atoms with E-state index in [0.29, 0.717) is 12.3 Å². The summed E-state index contributed by atoms with van der Waals surface area (Å²) in [5.41, 5.74) is 5.84. The van der Waals surface area contributed by atoms with Crippen LogP contribution in [0.2, 0.25) is 0 Å². The molecule has 4 N–H and O–H groups in total. The van der Waals surface area contributed by atoms with Crippen molar-refractivity contribution < 1.29 is 15.0 Å². The van der Waals surface area contributed by atoms with E-state index >= 15 is 0 Å². The third-order valence-corrected chi connectivity index (χ3v) is 1.92. The highest BCUT2D eigenvalue weighted by molar-refractivity contribution is 5.31. The average Bonchev–Trinajstić information content (AvgIpc) is 2.40. The second-order valence-electron chi connectivity index (χ2n) is 3.24. The normalized spacial score (nSPS) is 8.41. The van der Waals surface area contributed by atoms with Crippen molar-refractivity contribution in [2.45, 2.75) is 26.2 Å². The van der Waals surface area contributed by atoms with Crippen molar-refractivity contribution >= 4 is 6.79 Å². The number of aliphatic hydroxyl groups is 1. The molecule has 0 aliphatic carbocycles. The Labute approximate surface area is 103 Å². The van der Waals surface area contributed by atoms with Crippen molar-refractivity contribution in [3.05, 3.63) is 29.8 Å². The third kappa shape index (κ3) is 10.9. The number of phenolic OH excluding ortho intramolecular Hbond substituents is 1. The maximum absolute atomic E-state index is 9.34. The van der Waals surface area contributed by atoms with E-state index in [0.717, 1.165) is 18.4 Å². The van der Waals surface area contributed by atoms with Gasteiger partial charge in [-0.05, 0) is 24.5 Å². The van der Waals surface area contributed by atoms with Crippen LogP contribution in [0.25, 0.3) is 0 Å². The molecule has 0 heterocycles. The Morgan fingerprint density at radius 2 is 1.82 bits per heavy atom. The van der Waals surface area contributed by atoms with E-state index in [-0.39, 0.29) is 6.61 Å². The molecule has 0 spiro atoms. The summed E-state index contributed by atoms with van der Waals surface area (Å²) in [6.07, 6.45) is 3.31. The first-order valence-electron chi connectivity index (χ1n) is 5.62. The fourth-order valence-electron chi connectivity index (χ4n) is 1.09. The largest absolute Gasteiger partial charge is 0.508 e. The van der Waals surface area contributed by atoms with E-state index in [1.807, 2.05) is 25.0 Å². The van der Waals surface area contributed by atoms with Crippen LogP contribution in [-0.4, -0.2) is 30.2 Å². The number of aryl methyl sites for hydroxylation is 1. The van der Waals surface area contributed by atoms with Crippen LogP contribution in [0.15, 0.2) is 24.3 Å². The van der Waals surface area contributed by atoms with Gasteiger partial charge in [-0.2, -0.15) is 0 Å². The highest BCUT2D eigenvalue weighted by Crippen LogP contribution is 2.17. The SMILES string of the molecule is C=O.CCCCc1ccccc1O.NCCO. The zero-order valence-electron chi connectivity index (χ0n) is 10.4. The molecule has 1 rings (SSSR count). The van der Waals surface area contributed by atoms with Crippen molar-refractivity contribution in [2.75, 3.05) is 13.2 Å². The molecule has 4 heteroatoms. The molecule has 0 amide bonds. The minimum atomic E-state index is 0.0972. The minimum absolute atomic E-state index is 0.0972. The molecule has 1 aromatic rings. The lowest BCUT2D eigenvalue weighted by Crippen LogP contribution is -2.02. The Morgan fingerprint density at radius 3 is 2.24 bits per heavy atom. The summed E-state index contributed by atoms with van der Waals surface area (Å²) in [7, 11) is 0. The van der Waals surface area contributed by atoms with Gasteiger partial charge in [-0.3, -0.25) is 0 Å². The van der Waals surface area contributed by atoms with Crippen molar-refractivity contribution in [3.8, 4) is 5.75 Å². The van der Waals surface area contributed by atoms with Gasteiger partial charge < -0.3 is 20.7 Å². The molecule has 0 aliphatic rings. The van der Waals surface area contributed by atoms with Gasteiger partial charge in [-0.15, -0.1) is 0 Å². The number of hydrogen-bond acceptors (Lipinski definition) is 4. The number of carbonyl (C=O) groups excluding carboxylic acids is 1. The van der Waals surface area contributed by atoms with Gasteiger partial charge in [0.25, 0.3) is 0 Å². The molecule has 0 unspecified atom stereocenters. The molecule has 0 atom stereocenters. The molecule has 1 aromatic carbocycles. The van der Waals surface area contributed by atoms with E-state index in [1.165, 1.54) is 6.42 Å². The summed E-state index contributed by atoms with van der Waals surface area (Å²) >= 11 is 0. The molecular formula is C13H23NO3. The molecule has 0 aliphatic heterocycles. The quantitative estimate of drug-likeness (QED) is 0.745. The maximum Gasteiger partial charge on any atom is 0.118 e. The topological polar surface area (TPSA) is 83.5 Å². The maximum atomic E-state index is 9.34. The summed E-state index contributed by atoms with van der Waals surface area (Å²) in [5.74, 6) is 0.431. The Kier molecular flexibility index (Phi) is 15.5. The number of unbranched alkanes of at least 4 members (excludes halogenated alkanes) is 1. The van der Waals surface area contributed by atoms with Gasteiger partial charge in [0, 0.05) is 6.54 Å². The first kappa shape index (κ1) is 18.0. The van der Waals surface area contributed by atoms with Crippen LogP contribution >= 0.6 is 0 Å². The Bertz CT molecular complexity index is 265. The summed E-state index contributed by atoms with van der Waals surface area (Å²) < 4.78 is 0. The number of nitrogens with two attached hydrogens (primary N) is 1.